The van der Waals surface area contributed by atoms with E-state index < -0.39 is 0 Å². The van der Waals surface area contributed by atoms with Gasteiger partial charge < -0.3 is 10.1 Å². The number of likely N-dealkylation sites (tertiary alicyclic amines) is 1. The molecule has 3 rings (SSSR count). The molecule has 0 radical (unpaired) electrons. The van der Waals surface area contributed by atoms with Crippen LogP contribution in [0.4, 0.5) is 4.39 Å². The van der Waals surface area contributed by atoms with Gasteiger partial charge in [-0.3, -0.25) is 9.69 Å². The molecular weight excluding hydrogens is 343 g/mol. The lowest BCUT2D eigenvalue weighted by molar-refractivity contribution is -0.122. The van der Waals surface area contributed by atoms with E-state index in [9.17, 15) is 9.18 Å². The molecule has 1 unspecified atom stereocenters. The molecule has 0 bridgehead atoms. The topological polar surface area (TPSA) is 41.6 Å². The van der Waals surface area contributed by atoms with Crippen molar-refractivity contribution in [2.24, 2.45) is 0 Å². The Balaban J connectivity index is 1.45. The maximum atomic E-state index is 13.4. The molecule has 5 heteroatoms. The molecule has 2 aromatic rings. The average Bonchev–Trinajstić information content (AvgIpc) is 3.08. The van der Waals surface area contributed by atoms with Crippen molar-refractivity contribution >= 4 is 5.91 Å². The first-order valence-electron chi connectivity index (χ1n) is 9.52. The molecule has 1 amide bonds. The number of methoxy groups -OCH3 is 1. The number of nitrogens with one attached hydrogen (secondary N) is 1. The molecule has 0 aromatic heterocycles. The van der Waals surface area contributed by atoms with Crippen LogP contribution < -0.4 is 10.1 Å². The molecule has 1 saturated heterocycles. The summed E-state index contributed by atoms with van der Waals surface area (Å²) in [5.41, 5.74) is 2.13. The lowest BCUT2D eigenvalue weighted by Gasteiger charge is -2.24. The summed E-state index contributed by atoms with van der Waals surface area (Å²) in [6.07, 6.45) is 3.69. The van der Waals surface area contributed by atoms with Crippen LogP contribution >= 0.6 is 0 Å². The highest BCUT2D eigenvalue weighted by molar-refractivity contribution is 5.78. The Hall–Kier alpha value is -2.40. The molecule has 27 heavy (non-hydrogen) atoms. The van der Waals surface area contributed by atoms with Gasteiger partial charge in [-0.25, -0.2) is 4.39 Å². The highest BCUT2D eigenvalue weighted by atomic mass is 19.1. The van der Waals surface area contributed by atoms with Crippen molar-refractivity contribution in [3.05, 3.63) is 65.5 Å². The second kappa shape index (κ2) is 9.51. The molecule has 0 spiro atoms. The van der Waals surface area contributed by atoms with Crippen molar-refractivity contribution in [2.45, 2.75) is 31.7 Å². The third-order valence-corrected chi connectivity index (χ3v) is 5.08. The fourth-order valence-electron chi connectivity index (χ4n) is 3.69. The molecule has 2 aromatic carbocycles. The van der Waals surface area contributed by atoms with Gasteiger partial charge in [0.05, 0.1) is 13.7 Å². The molecule has 1 atom stereocenters. The summed E-state index contributed by atoms with van der Waals surface area (Å²) >= 11 is 0. The summed E-state index contributed by atoms with van der Waals surface area (Å²) in [6, 6.07) is 14.9. The monoisotopic (exact) mass is 370 g/mol. The maximum Gasteiger partial charge on any atom is 0.234 e. The van der Waals surface area contributed by atoms with Crippen LogP contribution in [0.2, 0.25) is 0 Å². The Morgan fingerprint density at radius 1 is 1.22 bits per heavy atom. The summed E-state index contributed by atoms with van der Waals surface area (Å²) < 4.78 is 18.6. The van der Waals surface area contributed by atoms with E-state index >= 15 is 0 Å². The van der Waals surface area contributed by atoms with Gasteiger partial charge in [0, 0.05) is 12.6 Å². The third-order valence-electron chi connectivity index (χ3n) is 5.08. The molecule has 1 aliphatic heterocycles. The van der Waals surface area contributed by atoms with E-state index in [0.717, 1.165) is 49.1 Å². The number of hydrogen-bond acceptors (Lipinski definition) is 3. The second-order valence-electron chi connectivity index (χ2n) is 7.05. The van der Waals surface area contributed by atoms with E-state index in [0.29, 0.717) is 19.1 Å². The minimum Gasteiger partial charge on any atom is -0.497 e. The number of amides is 1. The van der Waals surface area contributed by atoms with Gasteiger partial charge in [0.1, 0.15) is 11.6 Å². The van der Waals surface area contributed by atoms with Crippen LogP contribution in [0, 0.1) is 5.82 Å². The lowest BCUT2D eigenvalue weighted by atomic mass is 10.0. The largest absolute Gasteiger partial charge is 0.497 e. The molecule has 1 fully saturated rings. The SMILES string of the molecule is COc1cccc(CCNC(=O)CN2CCCC2Cc2cccc(F)c2)c1. The van der Waals surface area contributed by atoms with Crippen LogP contribution in [0.1, 0.15) is 24.0 Å². The highest BCUT2D eigenvalue weighted by Gasteiger charge is 2.26. The van der Waals surface area contributed by atoms with Crippen LogP contribution in [0.15, 0.2) is 48.5 Å². The number of nitrogens with zero attached hydrogens (tertiary/aromatic N) is 1. The number of hydrogen-bond donors (Lipinski definition) is 1. The molecule has 0 aliphatic carbocycles. The van der Waals surface area contributed by atoms with Gasteiger partial charge in [-0.2, -0.15) is 0 Å². The van der Waals surface area contributed by atoms with Crippen LogP contribution in [0.25, 0.3) is 0 Å². The van der Waals surface area contributed by atoms with Crippen LogP contribution in [0.3, 0.4) is 0 Å². The molecule has 4 nitrogen and oxygen atoms in total. The van der Waals surface area contributed by atoms with Gasteiger partial charge in [-0.15, -0.1) is 0 Å². The maximum absolute atomic E-state index is 13.4. The predicted molar refractivity (Wildman–Crippen MR) is 104 cm³/mol. The summed E-state index contributed by atoms with van der Waals surface area (Å²) in [4.78, 5) is 14.5. The Bertz CT molecular complexity index is 765. The smallest absolute Gasteiger partial charge is 0.234 e. The van der Waals surface area contributed by atoms with Gasteiger partial charge in [0.25, 0.3) is 0 Å². The number of carbonyl (C=O) groups is 1. The molecule has 1 aliphatic rings. The summed E-state index contributed by atoms with van der Waals surface area (Å²) in [5.74, 6) is 0.674. The van der Waals surface area contributed by atoms with Crippen molar-refractivity contribution in [2.75, 3.05) is 26.7 Å². The fraction of sp³-hybridized carbons (Fsp3) is 0.409. The van der Waals surface area contributed by atoms with Crippen LogP contribution in [-0.4, -0.2) is 43.6 Å². The predicted octanol–water partition coefficient (Wildman–Crippen LogP) is 3.20. The minimum absolute atomic E-state index is 0.0454. The Labute approximate surface area is 160 Å². The zero-order chi connectivity index (χ0) is 19.1. The summed E-state index contributed by atoms with van der Waals surface area (Å²) in [7, 11) is 1.65. The lowest BCUT2D eigenvalue weighted by Crippen LogP contribution is -2.41. The Kier molecular flexibility index (Phi) is 6.82. The number of benzene rings is 2. The first kappa shape index (κ1) is 19.4. The van der Waals surface area contributed by atoms with Gasteiger partial charge in [-0.1, -0.05) is 24.3 Å². The highest BCUT2D eigenvalue weighted by Crippen LogP contribution is 2.21. The molecule has 1 heterocycles. The van der Waals surface area contributed by atoms with E-state index in [1.807, 2.05) is 30.3 Å². The Morgan fingerprint density at radius 2 is 2.04 bits per heavy atom. The average molecular weight is 370 g/mol. The van der Waals surface area contributed by atoms with Crippen molar-refractivity contribution in [3.8, 4) is 5.75 Å². The van der Waals surface area contributed by atoms with Crippen molar-refractivity contribution in [1.29, 1.82) is 0 Å². The van der Waals surface area contributed by atoms with E-state index in [1.165, 1.54) is 6.07 Å². The molecule has 1 N–H and O–H groups in total. The van der Waals surface area contributed by atoms with Crippen molar-refractivity contribution < 1.29 is 13.9 Å². The molecule has 144 valence electrons. The fourth-order valence-corrected chi connectivity index (χ4v) is 3.69. The Morgan fingerprint density at radius 3 is 2.85 bits per heavy atom. The van der Waals surface area contributed by atoms with Gasteiger partial charge in [0.15, 0.2) is 0 Å². The quantitative estimate of drug-likeness (QED) is 0.776. The van der Waals surface area contributed by atoms with Crippen LogP contribution in [0.5, 0.6) is 5.75 Å². The first-order chi connectivity index (χ1) is 13.1. The zero-order valence-electron chi connectivity index (χ0n) is 15.8. The number of carbonyl (C=O) groups excluding carboxylic acids is 1. The number of rotatable bonds is 8. The number of ether oxygens (including phenoxy) is 1. The van der Waals surface area contributed by atoms with E-state index in [4.69, 9.17) is 4.74 Å². The molecular formula is C22H27FN2O2. The summed E-state index contributed by atoms with van der Waals surface area (Å²) in [5, 5.41) is 3.01. The van der Waals surface area contributed by atoms with Crippen molar-refractivity contribution in [3.63, 3.8) is 0 Å². The van der Waals surface area contributed by atoms with Crippen LogP contribution in [-0.2, 0) is 17.6 Å². The zero-order valence-corrected chi connectivity index (χ0v) is 15.8. The van der Waals surface area contributed by atoms with Gasteiger partial charge in [0.2, 0.25) is 5.91 Å². The molecule has 0 saturated carbocycles. The first-order valence-corrected chi connectivity index (χ1v) is 9.52. The minimum atomic E-state index is -0.202. The van der Waals surface area contributed by atoms with Gasteiger partial charge in [-0.05, 0) is 67.6 Å². The normalized spacial score (nSPS) is 17.0. The van der Waals surface area contributed by atoms with E-state index in [-0.39, 0.29) is 11.7 Å². The van der Waals surface area contributed by atoms with Gasteiger partial charge >= 0.3 is 0 Å². The van der Waals surface area contributed by atoms with E-state index in [2.05, 4.69) is 10.2 Å². The standard InChI is InChI=1S/C22H27FN2O2/c1-27-21-9-3-5-17(15-21)10-11-24-22(26)16-25-12-4-8-20(25)14-18-6-2-7-19(23)13-18/h2-3,5-7,9,13,15,20H,4,8,10-12,14,16H2,1H3,(H,24,26). The van der Waals surface area contributed by atoms with Crippen molar-refractivity contribution in [1.82, 2.24) is 10.2 Å². The van der Waals surface area contributed by atoms with E-state index in [1.54, 1.807) is 19.2 Å². The third kappa shape index (κ3) is 5.79. The summed E-state index contributed by atoms with van der Waals surface area (Å²) in [6.45, 7) is 1.93. The second-order valence-corrected chi connectivity index (χ2v) is 7.05. The number of halogens is 1.